The molecule has 1 amide bonds. The van der Waals surface area contributed by atoms with Crippen LogP contribution < -0.4 is 4.90 Å². The van der Waals surface area contributed by atoms with Gasteiger partial charge in [0.15, 0.2) is 0 Å². The second-order valence-corrected chi connectivity index (χ2v) is 6.34. The minimum absolute atomic E-state index is 0.0377. The highest BCUT2D eigenvalue weighted by Crippen LogP contribution is 2.24. The number of anilines is 1. The van der Waals surface area contributed by atoms with Crippen LogP contribution in [-0.2, 0) is 0 Å². The molecule has 1 saturated heterocycles. The van der Waals surface area contributed by atoms with E-state index in [9.17, 15) is 4.79 Å². The molecule has 0 bridgehead atoms. The average Bonchev–Trinajstić information content (AvgIpc) is 3.06. The zero-order chi connectivity index (χ0) is 16.5. The van der Waals surface area contributed by atoms with Gasteiger partial charge >= 0.3 is 0 Å². The largest absolute Gasteiger partial charge is 0.463 e. The van der Waals surface area contributed by atoms with Crippen molar-refractivity contribution in [2.24, 2.45) is 0 Å². The van der Waals surface area contributed by atoms with Gasteiger partial charge in [-0.1, -0.05) is 29.8 Å². The van der Waals surface area contributed by atoms with Crippen LogP contribution in [0.2, 0.25) is 5.02 Å². The van der Waals surface area contributed by atoms with Crippen LogP contribution in [0.15, 0.2) is 59.2 Å². The molecule has 24 heavy (non-hydrogen) atoms. The molecule has 1 aromatic heterocycles. The van der Waals surface area contributed by atoms with E-state index in [1.165, 1.54) is 0 Å². The van der Waals surface area contributed by atoms with E-state index < -0.39 is 0 Å². The maximum absolute atomic E-state index is 12.8. The monoisotopic (exact) mass is 340 g/mol. The summed E-state index contributed by atoms with van der Waals surface area (Å²) in [5.41, 5.74) is 2.53. The Hall–Kier alpha value is -2.46. The summed E-state index contributed by atoms with van der Waals surface area (Å²) in [5, 5.41) is 1.61. The van der Waals surface area contributed by atoms with E-state index >= 15 is 0 Å². The van der Waals surface area contributed by atoms with Crippen LogP contribution >= 0.6 is 11.6 Å². The molecule has 4 rings (SSSR count). The van der Waals surface area contributed by atoms with E-state index in [0.29, 0.717) is 18.7 Å². The minimum atomic E-state index is 0.0377. The zero-order valence-corrected chi connectivity index (χ0v) is 13.9. The summed E-state index contributed by atoms with van der Waals surface area (Å²) in [7, 11) is 0. The molecule has 0 N–H and O–H groups in total. The smallest absolute Gasteiger partial charge is 0.257 e. The number of furan rings is 1. The molecule has 1 aliphatic heterocycles. The summed E-state index contributed by atoms with van der Waals surface area (Å²) >= 11 is 5.94. The fraction of sp³-hybridized carbons (Fsp3) is 0.211. The number of carbonyl (C=O) groups is 1. The van der Waals surface area contributed by atoms with Crippen molar-refractivity contribution in [2.75, 3.05) is 31.1 Å². The Bertz CT molecular complexity index is 864. The molecular formula is C19H17ClN2O2. The van der Waals surface area contributed by atoms with Gasteiger partial charge in [0.1, 0.15) is 11.8 Å². The van der Waals surface area contributed by atoms with Gasteiger partial charge in [-0.15, -0.1) is 0 Å². The standard InChI is InChI=1S/C19H17ClN2O2/c20-14-5-7-15(8-6-14)21-9-11-22(12-10-21)19(23)17-13-24-18-4-2-1-3-16(17)18/h1-8,13H,9-12H2. The van der Waals surface area contributed by atoms with E-state index in [0.717, 1.165) is 34.8 Å². The molecule has 2 aromatic carbocycles. The minimum Gasteiger partial charge on any atom is -0.463 e. The number of piperazine rings is 1. The van der Waals surface area contributed by atoms with Gasteiger partial charge < -0.3 is 14.2 Å². The van der Waals surface area contributed by atoms with Gasteiger partial charge in [0.05, 0.1) is 5.56 Å². The van der Waals surface area contributed by atoms with Crippen LogP contribution in [-0.4, -0.2) is 37.0 Å². The molecule has 0 unspecified atom stereocenters. The Kier molecular flexibility index (Phi) is 3.90. The summed E-state index contributed by atoms with van der Waals surface area (Å²) in [6, 6.07) is 15.5. The first-order valence-electron chi connectivity index (χ1n) is 7.98. The summed E-state index contributed by atoms with van der Waals surface area (Å²) in [5.74, 6) is 0.0377. The van der Waals surface area contributed by atoms with E-state index in [1.54, 1.807) is 6.26 Å². The SMILES string of the molecule is O=C(c1coc2ccccc12)N1CCN(c2ccc(Cl)cc2)CC1. The number of fused-ring (bicyclic) bond motifs is 1. The second-order valence-electron chi connectivity index (χ2n) is 5.90. The number of hydrogen-bond acceptors (Lipinski definition) is 3. The average molecular weight is 341 g/mol. The van der Waals surface area contributed by atoms with Gasteiger partial charge in [-0.25, -0.2) is 0 Å². The molecule has 1 fully saturated rings. The van der Waals surface area contributed by atoms with Crippen molar-refractivity contribution < 1.29 is 9.21 Å². The maximum Gasteiger partial charge on any atom is 0.257 e. The third-order valence-electron chi connectivity index (χ3n) is 4.47. The Balaban J connectivity index is 1.47. The summed E-state index contributed by atoms with van der Waals surface area (Å²) < 4.78 is 5.49. The van der Waals surface area contributed by atoms with E-state index in [2.05, 4.69) is 4.90 Å². The molecular weight excluding hydrogens is 324 g/mol. The Labute approximate surface area is 145 Å². The predicted octanol–water partition coefficient (Wildman–Crippen LogP) is 4.05. The molecule has 4 nitrogen and oxygen atoms in total. The van der Waals surface area contributed by atoms with Crippen molar-refractivity contribution in [3.05, 3.63) is 65.4 Å². The van der Waals surface area contributed by atoms with Crippen LogP contribution in [0.1, 0.15) is 10.4 Å². The van der Waals surface area contributed by atoms with Crippen molar-refractivity contribution >= 4 is 34.2 Å². The number of carbonyl (C=O) groups excluding carboxylic acids is 1. The molecule has 3 aromatic rings. The Morgan fingerprint density at radius 1 is 0.958 bits per heavy atom. The van der Waals surface area contributed by atoms with E-state index in [1.807, 2.05) is 53.4 Å². The van der Waals surface area contributed by atoms with Crippen molar-refractivity contribution in [1.82, 2.24) is 4.90 Å². The Morgan fingerprint density at radius 2 is 1.67 bits per heavy atom. The predicted molar refractivity (Wildman–Crippen MR) is 95.8 cm³/mol. The molecule has 0 aliphatic carbocycles. The van der Waals surface area contributed by atoms with E-state index in [-0.39, 0.29) is 5.91 Å². The van der Waals surface area contributed by atoms with Crippen LogP contribution in [0.25, 0.3) is 11.0 Å². The molecule has 0 radical (unpaired) electrons. The fourth-order valence-corrected chi connectivity index (χ4v) is 3.26. The number of rotatable bonds is 2. The second kappa shape index (κ2) is 6.21. The van der Waals surface area contributed by atoms with Crippen LogP contribution in [0.5, 0.6) is 0 Å². The van der Waals surface area contributed by atoms with Crippen LogP contribution in [0, 0.1) is 0 Å². The first kappa shape index (κ1) is 15.1. The molecule has 0 atom stereocenters. The fourth-order valence-electron chi connectivity index (χ4n) is 3.13. The number of hydrogen-bond donors (Lipinski definition) is 0. The van der Waals surface area contributed by atoms with Crippen molar-refractivity contribution in [3.63, 3.8) is 0 Å². The number of nitrogens with zero attached hydrogens (tertiary/aromatic N) is 2. The molecule has 0 saturated carbocycles. The third-order valence-corrected chi connectivity index (χ3v) is 4.72. The van der Waals surface area contributed by atoms with Crippen LogP contribution in [0.4, 0.5) is 5.69 Å². The molecule has 0 spiro atoms. The summed E-state index contributed by atoms with van der Waals surface area (Å²) in [4.78, 5) is 17.0. The maximum atomic E-state index is 12.8. The lowest BCUT2D eigenvalue weighted by Crippen LogP contribution is -2.48. The first-order valence-corrected chi connectivity index (χ1v) is 8.36. The number of halogens is 1. The first-order chi connectivity index (χ1) is 11.7. The quantitative estimate of drug-likeness (QED) is 0.706. The lowest BCUT2D eigenvalue weighted by Gasteiger charge is -2.36. The lowest BCUT2D eigenvalue weighted by molar-refractivity contribution is 0.0748. The third kappa shape index (κ3) is 2.74. The van der Waals surface area contributed by atoms with Crippen molar-refractivity contribution in [3.8, 4) is 0 Å². The normalized spacial score (nSPS) is 15.0. The molecule has 2 heterocycles. The number of para-hydroxylation sites is 1. The highest BCUT2D eigenvalue weighted by Gasteiger charge is 2.24. The van der Waals surface area contributed by atoms with Crippen molar-refractivity contribution in [1.29, 1.82) is 0 Å². The Morgan fingerprint density at radius 3 is 2.42 bits per heavy atom. The number of amides is 1. The highest BCUT2D eigenvalue weighted by molar-refractivity contribution is 6.30. The molecule has 122 valence electrons. The number of benzene rings is 2. The van der Waals surface area contributed by atoms with Gasteiger partial charge in [0.25, 0.3) is 5.91 Å². The molecule has 5 heteroatoms. The highest BCUT2D eigenvalue weighted by atomic mass is 35.5. The molecule has 1 aliphatic rings. The topological polar surface area (TPSA) is 36.7 Å². The summed E-state index contributed by atoms with van der Waals surface area (Å²) in [6.07, 6.45) is 1.57. The van der Waals surface area contributed by atoms with Crippen molar-refractivity contribution in [2.45, 2.75) is 0 Å². The van der Waals surface area contributed by atoms with E-state index in [4.69, 9.17) is 16.0 Å². The zero-order valence-electron chi connectivity index (χ0n) is 13.1. The van der Waals surface area contributed by atoms with Gasteiger partial charge in [0, 0.05) is 42.3 Å². The van der Waals surface area contributed by atoms with Gasteiger partial charge in [-0.3, -0.25) is 4.79 Å². The lowest BCUT2D eigenvalue weighted by atomic mass is 10.1. The summed E-state index contributed by atoms with van der Waals surface area (Å²) in [6.45, 7) is 3.01. The van der Waals surface area contributed by atoms with Gasteiger partial charge in [-0.05, 0) is 30.3 Å². The van der Waals surface area contributed by atoms with Gasteiger partial charge in [0.2, 0.25) is 0 Å². The van der Waals surface area contributed by atoms with Crippen LogP contribution in [0.3, 0.4) is 0 Å². The van der Waals surface area contributed by atoms with Gasteiger partial charge in [-0.2, -0.15) is 0 Å².